The summed E-state index contributed by atoms with van der Waals surface area (Å²) in [5.74, 6) is 0. The van der Waals surface area contributed by atoms with Crippen molar-refractivity contribution < 1.29 is 0 Å². The molecule has 0 fully saturated rings. The van der Waals surface area contributed by atoms with E-state index in [-0.39, 0.29) is 10.9 Å². The van der Waals surface area contributed by atoms with Crippen LogP contribution in [-0.2, 0) is 0 Å². The highest BCUT2D eigenvalue weighted by atomic mass is 16.3. The smallest absolute Gasteiger partial charge is 0.265 e. The maximum atomic E-state index is 11.4. The van der Waals surface area contributed by atoms with Crippen LogP contribution in [0.15, 0.2) is 39.6 Å². The van der Waals surface area contributed by atoms with E-state index >= 15 is 0 Å². The lowest BCUT2D eigenvalue weighted by Crippen LogP contribution is -2.15. The Morgan fingerprint density at radius 1 is 1.00 bits per heavy atom. The predicted molar refractivity (Wildman–Crippen MR) is 48.6 cm³/mol. The molecule has 7 heteroatoms. The molecule has 0 saturated carbocycles. The fourth-order valence-electron chi connectivity index (χ4n) is 1.27. The van der Waals surface area contributed by atoms with Gasteiger partial charge in [-0.2, -0.15) is 0 Å². The van der Waals surface area contributed by atoms with E-state index in [4.69, 9.17) is 0 Å². The molecule has 0 bridgehead atoms. The van der Waals surface area contributed by atoms with Gasteiger partial charge in [-0.25, -0.2) is 0 Å². The predicted octanol–water partition coefficient (Wildman–Crippen LogP) is 0.862. The first-order valence-electron chi connectivity index (χ1n) is 3.69. The number of hydrogen-bond acceptors (Lipinski definition) is 5. The van der Waals surface area contributed by atoms with Gasteiger partial charge in [0.05, 0.1) is 16.0 Å². The highest BCUT2D eigenvalue weighted by molar-refractivity contribution is 5.78. The zero-order valence-electron chi connectivity index (χ0n) is 6.82. The summed E-state index contributed by atoms with van der Waals surface area (Å²) >= 11 is 0. The van der Waals surface area contributed by atoms with Crippen molar-refractivity contribution in [3.63, 3.8) is 0 Å². The van der Waals surface area contributed by atoms with E-state index in [0.29, 0.717) is 9.58 Å². The van der Waals surface area contributed by atoms with Crippen molar-refractivity contribution in [3.05, 3.63) is 44.4 Å². The molecule has 0 N–H and O–H groups in total. The fourth-order valence-corrected chi connectivity index (χ4v) is 1.27. The topological polar surface area (TPSA) is 85.8 Å². The lowest BCUT2D eigenvalue weighted by molar-refractivity contribution is 0.558. The molecule has 0 unspecified atom stereocenters. The largest absolute Gasteiger partial charge is 0.300 e. The van der Waals surface area contributed by atoms with Crippen molar-refractivity contribution in [1.29, 1.82) is 0 Å². The Hall–Kier alpha value is -2.31. The highest BCUT2D eigenvalue weighted by Crippen LogP contribution is 2.10. The molecule has 1 heterocycles. The van der Waals surface area contributed by atoms with E-state index in [2.05, 4.69) is 10.6 Å². The van der Waals surface area contributed by atoms with Crippen molar-refractivity contribution in [1.82, 2.24) is 9.58 Å². The molecule has 0 amide bonds. The number of benzene rings is 1. The van der Waals surface area contributed by atoms with Crippen molar-refractivity contribution in [3.8, 4) is 0 Å². The highest BCUT2D eigenvalue weighted by Gasteiger charge is 2.12. The summed E-state index contributed by atoms with van der Waals surface area (Å²) in [7, 11) is 0. The molecule has 7 nitrogen and oxygen atoms in total. The van der Waals surface area contributed by atoms with Crippen LogP contribution in [0.2, 0.25) is 0 Å². The first kappa shape index (κ1) is 8.30. The van der Waals surface area contributed by atoms with Crippen LogP contribution in [-0.4, -0.2) is 9.58 Å². The average molecular weight is 192 g/mol. The Bertz CT molecular complexity index is 568. The number of aromatic nitrogens is 2. The minimum Gasteiger partial charge on any atom is -0.265 e. The SMILES string of the molecule is O=Nn1c(=O)c2ccccc2n1N=O. The number of fused-ring (bicyclic) bond motifs is 1. The van der Waals surface area contributed by atoms with Gasteiger partial charge in [0.1, 0.15) is 5.52 Å². The van der Waals surface area contributed by atoms with Gasteiger partial charge in [-0.15, -0.1) is 14.6 Å². The first-order chi connectivity index (χ1) is 6.79. The van der Waals surface area contributed by atoms with Gasteiger partial charge in [-0.05, 0) is 12.1 Å². The summed E-state index contributed by atoms with van der Waals surface area (Å²) in [5, 5.41) is 5.16. The van der Waals surface area contributed by atoms with E-state index < -0.39 is 5.56 Å². The molecule has 1 aromatic carbocycles. The van der Waals surface area contributed by atoms with Crippen LogP contribution in [0.1, 0.15) is 0 Å². The lowest BCUT2D eigenvalue weighted by Gasteiger charge is -1.91. The van der Waals surface area contributed by atoms with E-state index in [0.717, 1.165) is 0 Å². The van der Waals surface area contributed by atoms with Gasteiger partial charge in [-0.1, -0.05) is 16.9 Å². The number of para-hydroxylation sites is 1. The zero-order valence-corrected chi connectivity index (χ0v) is 6.82. The number of rotatable bonds is 2. The molecular formula is C7H4N4O3. The molecule has 70 valence electrons. The van der Waals surface area contributed by atoms with Gasteiger partial charge < -0.3 is 0 Å². The quantitative estimate of drug-likeness (QED) is 0.661. The Balaban J connectivity index is 3.06. The first-order valence-corrected chi connectivity index (χ1v) is 3.69. The van der Waals surface area contributed by atoms with Crippen LogP contribution >= 0.6 is 0 Å². The lowest BCUT2D eigenvalue weighted by atomic mass is 10.3. The normalized spacial score (nSPS) is 10.3. The van der Waals surface area contributed by atoms with Gasteiger partial charge in [-0.3, -0.25) is 4.79 Å². The number of nitrogens with zero attached hydrogens (tertiary/aromatic N) is 4. The minimum atomic E-state index is -0.657. The van der Waals surface area contributed by atoms with Crippen LogP contribution < -0.4 is 5.56 Å². The monoisotopic (exact) mass is 192 g/mol. The maximum Gasteiger partial charge on any atom is 0.300 e. The molecule has 0 atom stereocenters. The maximum absolute atomic E-state index is 11.4. The molecule has 1 aromatic heterocycles. The van der Waals surface area contributed by atoms with Crippen molar-refractivity contribution in [2.45, 2.75) is 0 Å². The number of hydrogen-bond donors (Lipinski definition) is 0. The molecule has 0 saturated heterocycles. The molecule has 0 aliphatic heterocycles. The summed E-state index contributed by atoms with van der Waals surface area (Å²) in [5.41, 5.74) is -0.401. The standard InChI is InChI=1S/C7H4N4O3/c12-7-5-3-1-2-4-6(5)10(8-13)11(7)9-14/h1-4H. The fraction of sp³-hybridized carbons (Fsp3) is 0. The third-order valence-electron chi connectivity index (χ3n) is 1.87. The Morgan fingerprint density at radius 2 is 1.64 bits per heavy atom. The van der Waals surface area contributed by atoms with Crippen LogP contribution in [0, 0.1) is 9.81 Å². The van der Waals surface area contributed by atoms with Crippen molar-refractivity contribution >= 4 is 10.9 Å². The van der Waals surface area contributed by atoms with Crippen LogP contribution in [0.25, 0.3) is 10.9 Å². The van der Waals surface area contributed by atoms with Gasteiger partial charge in [0.15, 0.2) is 0 Å². The van der Waals surface area contributed by atoms with Gasteiger partial charge in [0.25, 0.3) is 0 Å². The van der Waals surface area contributed by atoms with Crippen LogP contribution in [0.4, 0.5) is 0 Å². The molecule has 0 aliphatic carbocycles. The van der Waals surface area contributed by atoms with Crippen molar-refractivity contribution in [2.24, 2.45) is 10.6 Å². The summed E-state index contributed by atoms with van der Waals surface area (Å²) in [6.45, 7) is 0. The second kappa shape index (κ2) is 2.87. The zero-order chi connectivity index (χ0) is 10.1. The Kier molecular flexibility index (Phi) is 1.70. The van der Waals surface area contributed by atoms with Crippen LogP contribution in [0.5, 0.6) is 0 Å². The molecule has 2 rings (SSSR count). The third kappa shape index (κ3) is 0.889. The molecular weight excluding hydrogens is 188 g/mol. The van der Waals surface area contributed by atoms with Crippen molar-refractivity contribution in [2.75, 3.05) is 0 Å². The van der Waals surface area contributed by atoms with E-state index in [1.165, 1.54) is 12.1 Å². The van der Waals surface area contributed by atoms with Gasteiger partial charge in [0.2, 0.25) is 0 Å². The van der Waals surface area contributed by atoms with Gasteiger partial charge >= 0.3 is 5.56 Å². The summed E-state index contributed by atoms with van der Waals surface area (Å²) in [4.78, 5) is 33.0. The van der Waals surface area contributed by atoms with E-state index in [9.17, 15) is 14.6 Å². The second-order valence-corrected chi connectivity index (χ2v) is 2.56. The summed E-state index contributed by atoms with van der Waals surface area (Å²) in [6, 6.07) is 6.23. The molecule has 0 spiro atoms. The summed E-state index contributed by atoms with van der Waals surface area (Å²) < 4.78 is 0. The minimum absolute atomic E-state index is 0.228. The third-order valence-corrected chi connectivity index (χ3v) is 1.87. The molecule has 2 aromatic rings. The van der Waals surface area contributed by atoms with Gasteiger partial charge in [0, 0.05) is 0 Å². The molecule has 0 aliphatic rings. The van der Waals surface area contributed by atoms with E-state index in [1.807, 2.05) is 0 Å². The Labute approximate surface area is 76.4 Å². The number of nitroso groups, excluding NO2 is 2. The molecule has 0 radical (unpaired) electrons. The van der Waals surface area contributed by atoms with Crippen LogP contribution in [0.3, 0.4) is 0 Å². The second-order valence-electron chi connectivity index (χ2n) is 2.56. The molecule has 14 heavy (non-hydrogen) atoms. The average Bonchev–Trinajstić information content (AvgIpc) is 2.51. The Morgan fingerprint density at radius 3 is 2.29 bits per heavy atom. The summed E-state index contributed by atoms with van der Waals surface area (Å²) in [6.07, 6.45) is 0. The van der Waals surface area contributed by atoms with E-state index in [1.54, 1.807) is 12.1 Å².